The van der Waals surface area contributed by atoms with Crippen molar-refractivity contribution in [2.45, 2.75) is 38.8 Å². The zero-order valence-electron chi connectivity index (χ0n) is 14.0. The first kappa shape index (κ1) is 17.6. The predicted octanol–water partition coefficient (Wildman–Crippen LogP) is 3.42. The first-order chi connectivity index (χ1) is 10.7. The molecule has 0 unspecified atom stereocenters. The van der Waals surface area contributed by atoms with E-state index in [9.17, 15) is 0 Å². The number of hydrogen-bond donors (Lipinski definition) is 0. The Labute approximate surface area is 135 Å². The number of aryl methyl sites for hydroxylation is 1. The third-order valence-electron chi connectivity index (χ3n) is 4.05. The summed E-state index contributed by atoms with van der Waals surface area (Å²) in [5.41, 5.74) is 2.51. The van der Waals surface area contributed by atoms with Crippen molar-refractivity contribution in [3.05, 3.63) is 35.4 Å². The number of benzene rings is 1. The number of hydrogen-bond acceptors (Lipinski definition) is 4. The van der Waals surface area contributed by atoms with Crippen LogP contribution in [0.25, 0.3) is 0 Å². The molecule has 22 heavy (non-hydrogen) atoms. The van der Waals surface area contributed by atoms with Crippen LogP contribution in [0.15, 0.2) is 24.3 Å². The lowest BCUT2D eigenvalue weighted by atomic mass is 10.1. The average molecular weight is 324 g/mol. The Balaban J connectivity index is 1.79. The fraction of sp³-hybridized carbons (Fsp3) is 0.647. The zero-order chi connectivity index (χ0) is 15.8. The lowest BCUT2D eigenvalue weighted by Crippen LogP contribution is -2.44. The fourth-order valence-electron chi connectivity index (χ4n) is 2.42. The van der Waals surface area contributed by atoms with Gasteiger partial charge in [0.25, 0.3) is 0 Å². The molecular weight excluding hydrogens is 296 g/mol. The highest BCUT2D eigenvalue weighted by Crippen LogP contribution is 2.29. The molecule has 0 radical (unpaired) electrons. The van der Waals surface area contributed by atoms with Gasteiger partial charge in [-0.2, -0.15) is 0 Å². The van der Waals surface area contributed by atoms with E-state index in [1.54, 1.807) is 14.2 Å². The highest BCUT2D eigenvalue weighted by atomic mass is 28.4. The van der Waals surface area contributed by atoms with Crippen LogP contribution in [0.2, 0.25) is 6.04 Å². The van der Waals surface area contributed by atoms with Crippen molar-refractivity contribution in [3.63, 3.8) is 0 Å². The van der Waals surface area contributed by atoms with Crippen LogP contribution >= 0.6 is 0 Å². The summed E-state index contributed by atoms with van der Waals surface area (Å²) in [4.78, 5) is 0. The number of ether oxygens (including phenoxy) is 1. The largest absolute Gasteiger partial charge is 0.500 e. The minimum Gasteiger partial charge on any atom is -0.377 e. The molecule has 4 nitrogen and oxygen atoms in total. The monoisotopic (exact) mass is 324 g/mol. The molecule has 1 aromatic carbocycles. The summed E-state index contributed by atoms with van der Waals surface area (Å²) in [5, 5.41) is 0. The third kappa shape index (κ3) is 5.48. The molecule has 0 bridgehead atoms. The molecule has 1 aliphatic rings. The molecule has 0 N–H and O–H groups in total. The summed E-state index contributed by atoms with van der Waals surface area (Å²) in [6.07, 6.45) is 3.57. The van der Waals surface area contributed by atoms with Gasteiger partial charge in [-0.25, -0.2) is 0 Å². The van der Waals surface area contributed by atoms with Gasteiger partial charge in [0.1, 0.15) is 0 Å². The lowest BCUT2D eigenvalue weighted by molar-refractivity contribution is 0.104. The molecule has 1 aliphatic carbocycles. The van der Waals surface area contributed by atoms with E-state index in [1.165, 1.54) is 24.0 Å². The van der Waals surface area contributed by atoms with Crippen molar-refractivity contribution >= 4 is 8.80 Å². The summed E-state index contributed by atoms with van der Waals surface area (Å²) in [6.45, 7) is 4.21. The van der Waals surface area contributed by atoms with Gasteiger partial charge in [-0.1, -0.05) is 24.3 Å². The Morgan fingerprint density at radius 1 is 1.05 bits per heavy atom. The van der Waals surface area contributed by atoms with Crippen LogP contribution < -0.4 is 0 Å². The van der Waals surface area contributed by atoms with Crippen molar-refractivity contribution in [2.75, 3.05) is 27.4 Å². The molecule has 0 amide bonds. The van der Waals surface area contributed by atoms with Gasteiger partial charge in [-0.15, -0.1) is 0 Å². The smallest absolute Gasteiger partial charge is 0.377 e. The van der Waals surface area contributed by atoms with Crippen molar-refractivity contribution in [3.8, 4) is 0 Å². The topological polar surface area (TPSA) is 36.9 Å². The van der Waals surface area contributed by atoms with E-state index >= 15 is 0 Å². The van der Waals surface area contributed by atoms with Gasteiger partial charge >= 0.3 is 8.80 Å². The van der Waals surface area contributed by atoms with Gasteiger partial charge in [0, 0.05) is 33.5 Å². The highest BCUT2D eigenvalue weighted by Gasteiger charge is 2.37. The summed E-state index contributed by atoms with van der Waals surface area (Å²) in [7, 11) is 0.853. The molecule has 124 valence electrons. The molecule has 1 aromatic rings. The lowest BCUT2D eigenvalue weighted by Gasteiger charge is -2.25. The first-order valence-corrected chi connectivity index (χ1v) is 10.0. The molecule has 0 spiro atoms. The van der Waals surface area contributed by atoms with Gasteiger partial charge in [0.05, 0.1) is 6.61 Å². The fourth-order valence-corrected chi connectivity index (χ4v) is 4.41. The van der Waals surface area contributed by atoms with Gasteiger partial charge in [-0.3, -0.25) is 0 Å². The zero-order valence-corrected chi connectivity index (χ0v) is 15.0. The molecule has 0 saturated heterocycles. The van der Waals surface area contributed by atoms with Crippen LogP contribution in [0.4, 0.5) is 0 Å². The Morgan fingerprint density at radius 3 is 2.23 bits per heavy atom. The molecule has 1 saturated carbocycles. The molecule has 0 heterocycles. The maximum atomic E-state index is 5.73. The maximum absolute atomic E-state index is 5.73. The Hall–Kier alpha value is -0.723. The molecular formula is C17H28O4Si. The summed E-state index contributed by atoms with van der Waals surface area (Å²) in [6, 6.07) is 9.40. The van der Waals surface area contributed by atoms with Gasteiger partial charge in [-0.05, 0) is 43.2 Å². The van der Waals surface area contributed by atoms with E-state index in [4.69, 9.17) is 18.0 Å². The van der Waals surface area contributed by atoms with Gasteiger partial charge < -0.3 is 18.0 Å². The second kappa shape index (κ2) is 8.79. The summed E-state index contributed by atoms with van der Waals surface area (Å²) in [5.74, 6) is 0.819. The van der Waals surface area contributed by atoms with Crippen LogP contribution in [0.1, 0.15) is 30.9 Å². The Kier molecular flexibility index (Phi) is 7.04. The van der Waals surface area contributed by atoms with Gasteiger partial charge in [0.2, 0.25) is 0 Å². The number of rotatable bonds is 11. The van der Waals surface area contributed by atoms with Crippen LogP contribution in [0.5, 0.6) is 0 Å². The molecule has 0 aliphatic heterocycles. The van der Waals surface area contributed by atoms with Crippen LogP contribution in [0.3, 0.4) is 0 Å². The van der Waals surface area contributed by atoms with Crippen LogP contribution in [-0.4, -0.2) is 36.2 Å². The van der Waals surface area contributed by atoms with Crippen molar-refractivity contribution in [2.24, 2.45) is 5.92 Å². The van der Waals surface area contributed by atoms with E-state index < -0.39 is 8.80 Å². The predicted molar refractivity (Wildman–Crippen MR) is 88.7 cm³/mol. The standard InChI is InChI=1S/C17H28O4Si/c1-4-21-22(18-2,19-3)12-11-15-5-7-16(8-6-15)13-20-14-17-9-10-17/h5-8,17H,4,9-14H2,1-3H3. The third-order valence-corrected chi connectivity index (χ3v) is 6.88. The summed E-state index contributed by atoms with van der Waals surface area (Å²) >= 11 is 0. The van der Waals surface area contributed by atoms with Gasteiger partial charge in [0.15, 0.2) is 0 Å². The Bertz CT molecular complexity index is 427. The minimum atomic E-state index is -2.49. The normalized spacial score (nSPS) is 15.2. The minimum absolute atomic E-state index is 0.616. The second-order valence-electron chi connectivity index (χ2n) is 5.80. The van der Waals surface area contributed by atoms with Crippen LogP contribution in [0, 0.1) is 5.92 Å². The SMILES string of the molecule is CCO[Si](CCc1ccc(COCC2CC2)cc1)(OC)OC. The molecule has 2 rings (SSSR count). The quantitative estimate of drug-likeness (QED) is 0.584. The molecule has 0 atom stereocenters. The van der Waals surface area contributed by atoms with Crippen LogP contribution in [-0.2, 0) is 31.0 Å². The van der Waals surface area contributed by atoms with E-state index in [0.29, 0.717) is 13.2 Å². The highest BCUT2D eigenvalue weighted by molar-refractivity contribution is 6.60. The van der Waals surface area contributed by atoms with E-state index in [2.05, 4.69) is 24.3 Å². The van der Waals surface area contributed by atoms with Crippen molar-refractivity contribution < 1.29 is 18.0 Å². The van der Waals surface area contributed by atoms with Crippen molar-refractivity contribution in [1.82, 2.24) is 0 Å². The second-order valence-corrected chi connectivity index (χ2v) is 8.77. The maximum Gasteiger partial charge on any atom is 0.500 e. The van der Waals surface area contributed by atoms with E-state index in [0.717, 1.165) is 25.0 Å². The molecule has 5 heteroatoms. The van der Waals surface area contributed by atoms with E-state index in [1.807, 2.05) is 6.92 Å². The first-order valence-electron chi connectivity index (χ1n) is 8.11. The molecule has 0 aromatic heterocycles. The summed E-state index contributed by atoms with van der Waals surface area (Å²) < 4.78 is 22.5. The molecule has 1 fully saturated rings. The average Bonchev–Trinajstić information content (AvgIpc) is 3.37. The van der Waals surface area contributed by atoms with Crippen molar-refractivity contribution in [1.29, 1.82) is 0 Å². The Morgan fingerprint density at radius 2 is 1.68 bits per heavy atom. The van der Waals surface area contributed by atoms with E-state index in [-0.39, 0.29) is 0 Å².